The second-order valence-corrected chi connectivity index (χ2v) is 11.5. The van der Waals surface area contributed by atoms with Crippen molar-refractivity contribution >= 4 is 27.5 Å². The van der Waals surface area contributed by atoms with Gasteiger partial charge in [0, 0.05) is 30.1 Å². The van der Waals surface area contributed by atoms with Crippen LogP contribution in [0.4, 0.5) is 0 Å². The van der Waals surface area contributed by atoms with E-state index in [1.807, 2.05) is 0 Å². The summed E-state index contributed by atoms with van der Waals surface area (Å²) in [6, 6.07) is 6.62. The van der Waals surface area contributed by atoms with Crippen molar-refractivity contribution in [1.29, 1.82) is 0 Å². The molecule has 31 heavy (non-hydrogen) atoms. The summed E-state index contributed by atoms with van der Waals surface area (Å²) in [5.74, 6) is 0.659. The first-order valence-corrected chi connectivity index (χ1v) is 13.3. The fourth-order valence-electron chi connectivity index (χ4n) is 5.10. The maximum Gasteiger partial charge on any atom is 0.243 e. The summed E-state index contributed by atoms with van der Waals surface area (Å²) in [5.41, 5.74) is 6.58. The van der Waals surface area contributed by atoms with E-state index in [1.54, 1.807) is 12.1 Å². The number of amides is 1. The Morgan fingerprint density at radius 3 is 2.39 bits per heavy atom. The minimum atomic E-state index is -3.55. The van der Waals surface area contributed by atoms with Crippen LogP contribution in [0, 0.1) is 11.8 Å². The van der Waals surface area contributed by atoms with Crippen molar-refractivity contribution < 1.29 is 13.2 Å². The zero-order valence-electron chi connectivity index (χ0n) is 17.9. The lowest BCUT2D eigenvalue weighted by Crippen LogP contribution is -2.49. The lowest BCUT2D eigenvalue weighted by molar-refractivity contribution is -0.127. The third kappa shape index (κ3) is 5.79. The van der Waals surface area contributed by atoms with E-state index in [0.717, 1.165) is 12.3 Å². The second kappa shape index (κ2) is 10.2. The summed E-state index contributed by atoms with van der Waals surface area (Å²) in [5, 5.41) is 3.62. The molecule has 2 unspecified atom stereocenters. The van der Waals surface area contributed by atoms with E-state index < -0.39 is 10.0 Å². The third-order valence-electron chi connectivity index (χ3n) is 6.92. The molecule has 3 fully saturated rings. The Balaban J connectivity index is 1.23. The molecule has 2 atom stereocenters. The van der Waals surface area contributed by atoms with E-state index in [9.17, 15) is 13.2 Å². The molecular formula is C22H33ClN4O3S. The summed E-state index contributed by atoms with van der Waals surface area (Å²) < 4.78 is 27.1. The Kier molecular flexibility index (Phi) is 7.54. The van der Waals surface area contributed by atoms with Crippen molar-refractivity contribution in [3.8, 4) is 0 Å². The van der Waals surface area contributed by atoms with Gasteiger partial charge in [0.1, 0.15) is 0 Å². The van der Waals surface area contributed by atoms with Gasteiger partial charge >= 0.3 is 0 Å². The highest BCUT2D eigenvalue weighted by Gasteiger charge is 2.34. The highest BCUT2D eigenvalue weighted by atomic mass is 35.5. The fourth-order valence-corrected chi connectivity index (χ4v) is 6.70. The molecule has 1 aliphatic carbocycles. The maximum atomic E-state index is 12.8. The van der Waals surface area contributed by atoms with E-state index >= 15 is 0 Å². The number of halogens is 1. The summed E-state index contributed by atoms with van der Waals surface area (Å²) in [4.78, 5) is 13.0. The van der Waals surface area contributed by atoms with Gasteiger partial charge in [0.15, 0.2) is 0 Å². The number of piperidine rings is 1. The smallest absolute Gasteiger partial charge is 0.243 e. The molecule has 1 aromatic rings. The Morgan fingerprint density at radius 2 is 1.71 bits per heavy atom. The number of hydrogen-bond acceptors (Lipinski definition) is 5. The second-order valence-electron chi connectivity index (χ2n) is 9.15. The maximum absolute atomic E-state index is 12.8. The summed E-state index contributed by atoms with van der Waals surface area (Å²) >= 11 is 5.87. The molecule has 1 saturated carbocycles. The van der Waals surface area contributed by atoms with Gasteiger partial charge in [0.05, 0.1) is 11.1 Å². The molecule has 0 spiro atoms. The van der Waals surface area contributed by atoms with Gasteiger partial charge in [-0.3, -0.25) is 10.2 Å². The minimum Gasteiger partial charge on any atom is -0.339 e. The lowest BCUT2D eigenvalue weighted by atomic mass is 9.84. The van der Waals surface area contributed by atoms with Gasteiger partial charge in [-0.15, -0.1) is 0 Å². The van der Waals surface area contributed by atoms with Crippen LogP contribution in [0.25, 0.3) is 0 Å². The average molecular weight is 469 g/mol. The molecule has 4 rings (SSSR count). The molecule has 0 bridgehead atoms. The van der Waals surface area contributed by atoms with Crippen molar-refractivity contribution in [2.75, 3.05) is 13.1 Å². The molecule has 7 nitrogen and oxygen atoms in total. The van der Waals surface area contributed by atoms with Crippen LogP contribution in [-0.4, -0.2) is 43.9 Å². The lowest BCUT2D eigenvalue weighted by Gasteiger charge is -2.31. The van der Waals surface area contributed by atoms with Crippen molar-refractivity contribution in [3.05, 3.63) is 29.3 Å². The monoisotopic (exact) mass is 468 g/mol. The Morgan fingerprint density at radius 1 is 1.03 bits per heavy atom. The fraction of sp³-hybridized carbons (Fsp3) is 0.682. The van der Waals surface area contributed by atoms with E-state index in [2.05, 4.69) is 16.2 Å². The van der Waals surface area contributed by atoms with Crippen molar-refractivity contribution in [3.63, 3.8) is 0 Å². The van der Waals surface area contributed by atoms with Gasteiger partial charge in [0.2, 0.25) is 15.9 Å². The molecule has 9 heteroatoms. The van der Waals surface area contributed by atoms with Crippen molar-refractivity contribution in [1.82, 2.24) is 20.5 Å². The molecule has 0 radical (unpaired) electrons. The van der Waals surface area contributed by atoms with E-state index in [1.165, 1.54) is 55.0 Å². The zero-order chi connectivity index (χ0) is 21.8. The van der Waals surface area contributed by atoms with Gasteiger partial charge < -0.3 is 5.32 Å². The van der Waals surface area contributed by atoms with Crippen LogP contribution in [-0.2, 0) is 14.8 Å². The number of rotatable bonds is 6. The van der Waals surface area contributed by atoms with Gasteiger partial charge in [-0.2, -0.15) is 4.31 Å². The van der Waals surface area contributed by atoms with Gasteiger partial charge in [-0.1, -0.05) is 43.7 Å². The Hall–Kier alpha value is -1.19. The molecule has 1 aromatic carbocycles. The number of hydrogen-bond donors (Lipinski definition) is 3. The first-order chi connectivity index (χ1) is 14.9. The molecule has 2 heterocycles. The minimum absolute atomic E-state index is 0.0150. The number of hydrazine groups is 1. The topological polar surface area (TPSA) is 90.5 Å². The normalized spacial score (nSPS) is 26.7. The molecule has 3 N–H and O–H groups in total. The molecule has 0 aromatic heterocycles. The predicted molar refractivity (Wildman–Crippen MR) is 121 cm³/mol. The average Bonchev–Trinajstić information content (AvgIpc) is 3.21. The highest BCUT2D eigenvalue weighted by molar-refractivity contribution is 7.89. The van der Waals surface area contributed by atoms with E-state index in [-0.39, 0.29) is 22.9 Å². The first kappa shape index (κ1) is 23.0. The highest BCUT2D eigenvalue weighted by Crippen LogP contribution is 2.29. The van der Waals surface area contributed by atoms with Gasteiger partial charge in [-0.25, -0.2) is 13.8 Å². The van der Waals surface area contributed by atoms with Gasteiger partial charge in [0.25, 0.3) is 0 Å². The number of nitrogens with zero attached hydrogens (tertiary/aromatic N) is 1. The van der Waals surface area contributed by atoms with Crippen LogP contribution in [0.1, 0.15) is 57.8 Å². The van der Waals surface area contributed by atoms with E-state index in [0.29, 0.717) is 37.0 Å². The number of carbonyl (C=O) groups excluding carboxylic acids is 1. The molecule has 2 saturated heterocycles. The molecule has 1 amide bonds. The SMILES string of the molecule is O=C(NC1CC(CC2CCCCC2)NN1)C1CCN(S(=O)(=O)c2ccc(Cl)cc2)CC1. The van der Waals surface area contributed by atoms with Crippen LogP contribution in [0.3, 0.4) is 0 Å². The van der Waals surface area contributed by atoms with Crippen LogP contribution >= 0.6 is 11.6 Å². The summed E-state index contributed by atoms with van der Waals surface area (Å²) in [6.45, 7) is 0.702. The zero-order valence-corrected chi connectivity index (χ0v) is 19.4. The molecular weight excluding hydrogens is 436 g/mol. The van der Waals surface area contributed by atoms with Crippen molar-refractivity contribution in [2.24, 2.45) is 11.8 Å². The Bertz CT molecular complexity index is 850. The Labute approximate surface area is 190 Å². The quantitative estimate of drug-likeness (QED) is 0.597. The van der Waals surface area contributed by atoms with Crippen LogP contribution in [0.5, 0.6) is 0 Å². The first-order valence-electron chi connectivity index (χ1n) is 11.5. The predicted octanol–water partition coefficient (Wildman–Crippen LogP) is 3.02. The largest absolute Gasteiger partial charge is 0.339 e. The summed E-state index contributed by atoms with van der Waals surface area (Å²) in [7, 11) is -3.55. The number of carbonyl (C=O) groups is 1. The van der Waals surface area contributed by atoms with Crippen molar-refractivity contribution in [2.45, 2.75) is 74.9 Å². The number of nitrogens with one attached hydrogen (secondary N) is 3. The molecule has 3 aliphatic rings. The standard InChI is InChI=1S/C22H33ClN4O3S/c23-18-6-8-20(9-7-18)31(29,30)27-12-10-17(11-13-27)22(28)24-21-15-19(25-26-21)14-16-4-2-1-3-5-16/h6-9,16-17,19,21,25-26H,1-5,10-15H2,(H,24,28). The third-order valence-corrected chi connectivity index (χ3v) is 9.08. The van der Waals surface area contributed by atoms with Crippen LogP contribution in [0.15, 0.2) is 29.2 Å². The van der Waals surface area contributed by atoms with Crippen LogP contribution < -0.4 is 16.2 Å². The summed E-state index contributed by atoms with van der Waals surface area (Å²) in [6.07, 6.45) is 9.78. The number of sulfonamides is 1. The number of benzene rings is 1. The van der Waals surface area contributed by atoms with E-state index in [4.69, 9.17) is 11.6 Å². The van der Waals surface area contributed by atoms with Crippen LogP contribution in [0.2, 0.25) is 5.02 Å². The van der Waals surface area contributed by atoms with Gasteiger partial charge in [-0.05, 0) is 55.9 Å². The molecule has 2 aliphatic heterocycles. The molecule has 172 valence electrons.